The first kappa shape index (κ1) is 28.1. The van der Waals surface area contributed by atoms with Crippen LogP contribution in [0.2, 0.25) is 10.0 Å². The number of amides is 1. The minimum absolute atomic E-state index is 0.154. The highest BCUT2D eigenvalue weighted by molar-refractivity contribution is 6.40. The molecule has 1 heterocycles. The summed E-state index contributed by atoms with van der Waals surface area (Å²) in [5.41, 5.74) is 2.89. The minimum atomic E-state index is -0.626. The van der Waals surface area contributed by atoms with Crippen LogP contribution < -0.4 is 10.6 Å². The molecule has 1 amide bonds. The number of ether oxygens (including phenoxy) is 1. The van der Waals surface area contributed by atoms with Gasteiger partial charge in [-0.3, -0.25) is 14.6 Å². The smallest absolute Gasteiger partial charge is 0.328 e. The Balaban J connectivity index is 1.51. The van der Waals surface area contributed by atoms with E-state index in [4.69, 9.17) is 27.9 Å². The van der Waals surface area contributed by atoms with Gasteiger partial charge >= 0.3 is 5.97 Å². The standard InChI is InChI=1S/C29H33Cl2N3O4/c1-3-8-20-25(29(26(20)35)13-6-5-7-14-29)34-23(28(37)38-4-2)15-18-9-11-19(12-10-18)33-27(36)24-21(30)16-32-17-22(24)31/h9-12,16-17,23,34H,3-8,13-15H2,1-2H3,(H,33,36)/t23-/m0/s1. The first-order chi connectivity index (χ1) is 18.3. The Bertz CT molecular complexity index is 1220. The highest BCUT2D eigenvalue weighted by Gasteiger charge is 2.53. The number of pyridine rings is 1. The molecule has 2 N–H and O–H groups in total. The van der Waals surface area contributed by atoms with Crippen molar-refractivity contribution in [1.82, 2.24) is 10.3 Å². The van der Waals surface area contributed by atoms with E-state index in [0.29, 0.717) is 18.5 Å². The van der Waals surface area contributed by atoms with Crippen molar-refractivity contribution in [2.75, 3.05) is 11.9 Å². The molecule has 1 aromatic carbocycles. The van der Waals surface area contributed by atoms with E-state index in [1.54, 1.807) is 19.1 Å². The van der Waals surface area contributed by atoms with E-state index in [-0.39, 0.29) is 34.0 Å². The molecule has 0 saturated heterocycles. The zero-order valence-electron chi connectivity index (χ0n) is 21.7. The van der Waals surface area contributed by atoms with E-state index in [0.717, 1.165) is 55.4 Å². The first-order valence-electron chi connectivity index (χ1n) is 13.2. The van der Waals surface area contributed by atoms with Gasteiger partial charge in [0.1, 0.15) is 6.04 Å². The quantitative estimate of drug-likeness (QED) is 0.333. The zero-order chi connectivity index (χ0) is 27.3. The number of carbonyl (C=O) groups is 3. The number of anilines is 1. The summed E-state index contributed by atoms with van der Waals surface area (Å²) < 4.78 is 5.40. The molecule has 2 aliphatic rings. The Labute approximate surface area is 233 Å². The number of esters is 1. The molecular weight excluding hydrogens is 525 g/mol. The Morgan fingerprint density at radius 1 is 1.05 bits per heavy atom. The summed E-state index contributed by atoms with van der Waals surface area (Å²) in [6.07, 6.45) is 9.51. The van der Waals surface area contributed by atoms with Gasteiger partial charge in [0.15, 0.2) is 5.78 Å². The maximum Gasteiger partial charge on any atom is 0.328 e. The summed E-state index contributed by atoms with van der Waals surface area (Å²) >= 11 is 12.2. The number of benzene rings is 1. The molecule has 0 radical (unpaired) electrons. The van der Waals surface area contributed by atoms with Gasteiger partial charge in [0.05, 0.1) is 27.6 Å². The van der Waals surface area contributed by atoms with E-state index in [1.807, 2.05) is 12.1 Å². The van der Waals surface area contributed by atoms with Crippen molar-refractivity contribution in [2.24, 2.45) is 5.41 Å². The van der Waals surface area contributed by atoms with Crippen LogP contribution in [0.25, 0.3) is 0 Å². The topological polar surface area (TPSA) is 97.4 Å². The van der Waals surface area contributed by atoms with Crippen molar-refractivity contribution in [2.45, 2.75) is 71.3 Å². The van der Waals surface area contributed by atoms with Crippen LogP contribution in [0.1, 0.15) is 74.7 Å². The van der Waals surface area contributed by atoms with E-state index >= 15 is 0 Å². The lowest BCUT2D eigenvalue weighted by Gasteiger charge is -2.48. The monoisotopic (exact) mass is 557 g/mol. The van der Waals surface area contributed by atoms with Crippen LogP contribution in [0.15, 0.2) is 47.9 Å². The van der Waals surface area contributed by atoms with Crippen LogP contribution in [0.4, 0.5) is 5.69 Å². The third-order valence-corrected chi connectivity index (χ3v) is 7.89. The molecule has 2 aliphatic carbocycles. The Hall–Kier alpha value is -2.90. The largest absolute Gasteiger partial charge is 0.464 e. The Morgan fingerprint density at radius 2 is 1.71 bits per heavy atom. The van der Waals surface area contributed by atoms with Crippen molar-refractivity contribution in [3.8, 4) is 0 Å². The Kier molecular flexibility index (Phi) is 9.11. The normalized spacial score (nSPS) is 17.1. The van der Waals surface area contributed by atoms with Crippen LogP contribution >= 0.6 is 23.2 Å². The number of halogens is 2. The van der Waals surface area contributed by atoms with Gasteiger partial charge in [-0.05, 0) is 43.9 Å². The minimum Gasteiger partial charge on any atom is -0.464 e. The third-order valence-electron chi connectivity index (χ3n) is 7.32. The number of aromatic nitrogens is 1. The predicted octanol–water partition coefficient (Wildman–Crippen LogP) is 6.29. The van der Waals surface area contributed by atoms with E-state index in [9.17, 15) is 14.4 Å². The number of nitrogens with one attached hydrogen (secondary N) is 2. The lowest BCUT2D eigenvalue weighted by Crippen LogP contribution is -2.54. The average Bonchev–Trinajstić information content (AvgIpc) is 2.91. The highest BCUT2D eigenvalue weighted by Crippen LogP contribution is 2.52. The number of Topliss-reactive ketones (excluding diaryl/α,β-unsaturated/α-hetero) is 1. The summed E-state index contributed by atoms with van der Waals surface area (Å²) in [6, 6.07) is 6.59. The van der Waals surface area contributed by atoms with Crippen LogP contribution in [0, 0.1) is 5.41 Å². The number of hydrogen-bond acceptors (Lipinski definition) is 6. The molecule has 2 aromatic rings. The van der Waals surface area contributed by atoms with E-state index < -0.39 is 17.4 Å². The van der Waals surface area contributed by atoms with Gasteiger partial charge in [0, 0.05) is 35.8 Å². The van der Waals surface area contributed by atoms with Gasteiger partial charge < -0.3 is 15.4 Å². The first-order valence-corrected chi connectivity index (χ1v) is 14.0. The summed E-state index contributed by atoms with van der Waals surface area (Å²) in [5, 5.41) is 6.59. The molecule has 4 rings (SSSR count). The van der Waals surface area contributed by atoms with Gasteiger partial charge in [-0.1, -0.05) is 67.9 Å². The van der Waals surface area contributed by atoms with Crippen molar-refractivity contribution in [3.63, 3.8) is 0 Å². The molecule has 202 valence electrons. The summed E-state index contributed by atoms with van der Waals surface area (Å²) in [5.74, 6) is -0.539. The molecule has 9 heteroatoms. The molecule has 0 bridgehead atoms. The fraction of sp³-hybridized carbons (Fsp3) is 0.448. The maximum absolute atomic E-state index is 13.2. The molecular formula is C29H33Cl2N3O4. The number of rotatable bonds is 10. The average molecular weight is 559 g/mol. The third kappa shape index (κ3) is 5.74. The van der Waals surface area contributed by atoms with Gasteiger partial charge in [-0.15, -0.1) is 0 Å². The molecule has 1 fully saturated rings. The second-order valence-electron chi connectivity index (χ2n) is 9.86. The molecule has 1 aromatic heterocycles. The van der Waals surface area contributed by atoms with Crippen LogP contribution in [-0.4, -0.2) is 35.3 Å². The lowest BCUT2D eigenvalue weighted by molar-refractivity contribution is -0.146. The number of carbonyl (C=O) groups excluding carboxylic acids is 3. The number of nitrogens with zero attached hydrogens (tertiary/aromatic N) is 1. The van der Waals surface area contributed by atoms with E-state index in [1.165, 1.54) is 12.4 Å². The van der Waals surface area contributed by atoms with Crippen molar-refractivity contribution in [3.05, 3.63) is 69.1 Å². The summed E-state index contributed by atoms with van der Waals surface area (Å²) in [6.45, 7) is 4.11. The Morgan fingerprint density at radius 3 is 2.32 bits per heavy atom. The number of hydrogen-bond donors (Lipinski definition) is 2. The fourth-order valence-electron chi connectivity index (χ4n) is 5.48. The zero-order valence-corrected chi connectivity index (χ0v) is 23.3. The molecule has 1 saturated carbocycles. The molecule has 0 unspecified atom stereocenters. The SMILES string of the molecule is CCCC1=C(N[C@@H](Cc2ccc(NC(=O)c3c(Cl)cncc3Cl)cc2)C(=O)OCC)C2(CCCCC2)C1=O. The highest BCUT2D eigenvalue weighted by atomic mass is 35.5. The molecule has 0 aliphatic heterocycles. The lowest BCUT2D eigenvalue weighted by atomic mass is 9.58. The van der Waals surface area contributed by atoms with Gasteiger partial charge in [0.2, 0.25) is 0 Å². The number of allylic oxidation sites excluding steroid dienone is 2. The van der Waals surface area contributed by atoms with Crippen LogP contribution in [0.3, 0.4) is 0 Å². The van der Waals surface area contributed by atoms with Crippen molar-refractivity contribution in [1.29, 1.82) is 0 Å². The van der Waals surface area contributed by atoms with Gasteiger partial charge in [-0.2, -0.15) is 0 Å². The molecule has 7 nitrogen and oxygen atoms in total. The second-order valence-corrected chi connectivity index (χ2v) is 10.7. The van der Waals surface area contributed by atoms with Crippen LogP contribution in [-0.2, 0) is 20.7 Å². The summed E-state index contributed by atoms with van der Waals surface area (Å²) in [4.78, 5) is 42.7. The van der Waals surface area contributed by atoms with E-state index in [2.05, 4.69) is 22.5 Å². The molecule has 1 spiro atoms. The summed E-state index contributed by atoms with van der Waals surface area (Å²) in [7, 11) is 0. The second kappa shape index (κ2) is 12.3. The van der Waals surface area contributed by atoms with Crippen molar-refractivity contribution < 1.29 is 19.1 Å². The predicted molar refractivity (Wildman–Crippen MR) is 148 cm³/mol. The fourth-order valence-corrected chi connectivity index (χ4v) is 6.02. The van der Waals surface area contributed by atoms with Crippen LogP contribution in [0.5, 0.6) is 0 Å². The molecule has 1 atom stereocenters. The number of ketones is 1. The van der Waals surface area contributed by atoms with Gasteiger partial charge in [0.25, 0.3) is 5.91 Å². The maximum atomic E-state index is 13.2. The van der Waals surface area contributed by atoms with Crippen molar-refractivity contribution >= 4 is 46.5 Å². The molecule has 38 heavy (non-hydrogen) atoms. The van der Waals surface area contributed by atoms with Gasteiger partial charge in [-0.25, -0.2) is 4.79 Å².